The van der Waals surface area contributed by atoms with Crippen LogP contribution in [0.2, 0.25) is 5.02 Å². The van der Waals surface area contributed by atoms with Gasteiger partial charge in [-0.15, -0.1) is 0 Å². The molecule has 5 atom stereocenters. The molecular formula is C12H13ClFN3O4S. The number of aliphatic hydroxyl groups is 3. The monoisotopic (exact) mass is 349 g/mol. The second kappa shape index (κ2) is 7.47. The quantitative estimate of drug-likeness (QED) is 0.434. The molecule has 0 radical (unpaired) electrons. The molecule has 1 aliphatic rings. The van der Waals surface area contributed by atoms with E-state index in [2.05, 4.69) is 10.0 Å². The number of halogens is 2. The Morgan fingerprint density at radius 1 is 1.41 bits per heavy atom. The maximum absolute atomic E-state index is 13.8. The summed E-state index contributed by atoms with van der Waals surface area (Å²) in [6.45, 7) is -0.541. The first kappa shape index (κ1) is 17.3. The maximum Gasteiger partial charge on any atom is 0.136 e. The summed E-state index contributed by atoms with van der Waals surface area (Å²) in [5.41, 5.74) is 7.48. The van der Waals surface area contributed by atoms with Gasteiger partial charge >= 0.3 is 0 Å². The lowest BCUT2D eigenvalue weighted by atomic mass is 9.98. The molecule has 10 heteroatoms. The van der Waals surface area contributed by atoms with Crippen molar-refractivity contribution in [2.75, 3.05) is 6.61 Å². The molecule has 1 aromatic carbocycles. The Labute approximate surface area is 134 Å². The summed E-state index contributed by atoms with van der Waals surface area (Å²) in [6.07, 6.45) is -3.80. The number of aliphatic hydroxyl groups excluding tert-OH is 3. The highest BCUT2D eigenvalue weighted by molar-refractivity contribution is 7.99. The topological polar surface area (TPSA) is 119 Å². The predicted molar refractivity (Wildman–Crippen MR) is 78.0 cm³/mol. The van der Waals surface area contributed by atoms with Crippen LogP contribution in [0.15, 0.2) is 28.2 Å². The average Bonchev–Trinajstić information content (AvgIpc) is 2.50. The van der Waals surface area contributed by atoms with E-state index in [-0.39, 0.29) is 4.90 Å². The van der Waals surface area contributed by atoms with Crippen LogP contribution in [-0.4, -0.2) is 51.7 Å². The van der Waals surface area contributed by atoms with Crippen molar-refractivity contribution in [3.05, 3.63) is 39.5 Å². The normalized spacial score (nSPS) is 31.6. The number of ether oxygens (including phenoxy) is 1. The van der Waals surface area contributed by atoms with Crippen molar-refractivity contribution in [1.82, 2.24) is 0 Å². The van der Waals surface area contributed by atoms with Gasteiger partial charge in [0.05, 0.1) is 18.8 Å². The first-order valence-electron chi connectivity index (χ1n) is 6.26. The molecule has 7 nitrogen and oxygen atoms in total. The van der Waals surface area contributed by atoms with Gasteiger partial charge in [0, 0.05) is 14.8 Å². The van der Waals surface area contributed by atoms with Crippen LogP contribution in [-0.2, 0) is 4.74 Å². The van der Waals surface area contributed by atoms with Gasteiger partial charge in [0.15, 0.2) is 0 Å². The summed E-state index contributed by atoms with van der Waals surface area (Å²) in [5, 5.41) is 32.9. The van der Waals surface area contributed by atoms with Crippen LogP contribution in [0.1, 0.15) is 0 Å². The fourth-order valence-electron chi connectivity index (χ4n) is 2.05. The SMILES string of the molecule is [N-]=[N+]=N[C@@H]1[C@@H](O)[C@@H](Sc2cc(Cl)ccc2F)O[C@H](CO)[C@@H]1O. The molecule has 0 amide bonds. The van der Waals surface area contributed by atoms with E-state index in [0.717, 1.165) is 11.8 Å². The van der Waals surface area contributed by atoms with Gasteiger partial charge in [0.1, 0.15) is 23.5 Å². The highest BCUT2D eigenvalue weighted by Crippen LogP contribution is 2.36. The Morgan fingerprint density at radius 2 is 2.14 bits per heavy atom. The Kier molecular flexibility index (Phi) is 5.87. The van der Waals surface area contributed by atoms with E-state index in [1.54, 1.807) is 0 Å². The Bertz CT molecular complexity index is 589. The van der Waals surface area contributed by atoms with Crippen molar-refractivity contribution >= 4 is 23.4 Å². The molecule has 1 heterocycles. The summed E-state index contributed by atoms with van der Waals surface area (Å²) >= 11 is 6.63. The molecule has 1 fully saturated rings. The summed E-state index contributed by atoms with van der Waals surface area (Å²) < 4.78 is 19.1. The summed E-state index contributed by atoms with van der Waals surface area (Å²) in [4.78, 5) is 2.69. The van der Waals surface area contributed by atoms with Crippen LogP contribution in [0.5, 0.6) is 0 Å². The van der Waals surface area contributed by atoms with Crippen molar-refractivity contribution in [3.63, 3.8) is 0 Å². The number of thioether (sulfide) groups is 1. The van der Waals surface area contributed by atoms with Crippen LogP contribution in [0.25, 0.3) is 10.4 Å². The molecular weight excluding hydrogens is 337 g/mol. The maximum atomic E-state index is 13.8. The van der Waals surface area contributed by atoms with E-state index in [4.69, 9.17) is 21.9 Å². The van der Waals surface area contributed by atoms with Crippen molar-refractivity contribution in [1.29, 1.82) is 0 Å². The summed E-state index contributed by atoms with van der Waals surface area (Å²) in [7, 11) is 0. The standard InChI is InChI=1S/C12H13ClFN3O4S/c13-5-1-2-6(14)8(3-5)22-12-11(20)9(16-17-15)10(19)7(4-18)21-12/h1-3,7,9-12,18-20H,4H2/t7-,9+,10+,11-,12-/m1/s1. The van der Waals surface area contributed by atoms with Crippen LogP contribution < -0.4 is 0 Å². The number of rotatable bonds is 4. The molecule has 120 valence electrons. The van der Waals surface area contributed by atoms with Crippen molar-refractivity contribution in [2.24, 2.45) is 5.11 Å². The van der Waals surface area contributed by atoms with Crippen LogP contribution >= 0.6 is 23.4 Å². The molecule has 0 saturated carbocycles. The fraction of sp³-hybridized carbons (Fsp3) is 0.500. The zero-order valence-corrected chi connectivity index (χ0v) is 12.7. The van der Waals surface area contributed by atoms with Crippen LogP contribution in [0.3, 0.4) is 0 Å². The highest BCUT2D eigenvalue weighted by atomic mass is 35.5. The molecule has 0 spiro atoms. The van der Waals surface area contributed by atoms with Gasteiger partial charge in [-0.25, -0.2) is 4.39 Å². The Balaban J connectivity index is 2.25. The zero-order valence-electron chi connectivity index (χ0n) is 11.1. The fourth-order valence-corrected chi connectivity index (χ4v) is 3.42. The highest BCUT2D eigenvalue weighted by Gasteiger charge is 2.44. The van der Waals surface area contributed by atoms with Gasteiger partial charge in [-0.1, -0.05) is 28.5 Å². The smallest absolute Gasteiger partial charge is 0.136 e. The lowest BCUT2D eigenvalue weighted by molar-refractivity contribution is -0.159. The molecule has 22 heavy (non-hydrogen) atoms. The number of nitrogens with zero attached hydrogens (tertiary/aromatic N) is 3. The van der Waals surface area contributed by atoms with Crippen molar-refractivity contribution < 1.29 is 24.4 Å². The van der Waals surface area contributed by atoms with Gasteiger partial charge in [-0.2, -0.15) is 0 Å². The van der Waals surface area contributed by atoms with Gasteiger partial charge < -0.3 is 20.1 Å². The number of hydrogen-bond acceptors (Lipinski definition) is 6. The summed E-state index contributed by atoms with van der Waals surface area (Å²) in [6, 6.07) is 2.69. The minimum atomic E-state index is -1.38. The van der Waals surface area contributed by atoms with Crippen molar-refractivity contribution in [3.8, 4) is 0 Å². The zero-order chi connectivity index (χ0) is 16.3. The van der Waals surface area contributed by atoms with Crippen molar-refractivity contribution in [2.45, 2.75) is 34.7 Å². The van der Waals surface area contributed by atoms with Gasteiger partial charge in [0.2, 0.25) is 0 Å². The third-order valence-corrected chi connectivity index (χ3v) is 4.59. The lowest BCUT2D eigenvalue weighted by Gasteiger charge is -2.40. The molecule has 1 aromatic rings. The van der Waals surface area contributed by atoms with Gasteiger partial charge in [-0.05, 0) is 23.7 Å². The van der Waals surface area contributed by atoms with E-state index in [1.165, 1.54) is 18.2 Å². The lowest BCUT2D eigenvalue weighted by Crippen LogP contribution is -2.56. The molecule has 2 rings (SSSR count). The van der Waals surface area contributed by atoms with Gasteiger partial charge in [-0.3, -0.25) is 0 Å². The molecule has 0 aromatic heterocycles. The first-order chi connectivity index (χ1) is 10.5. The Morgan fingerprint density at radius 3 is 2.77 bits per heavy atom. The Hall–Kier alpha value is -1.06. The second-order valence-corrected chi connectivity index (χ2v) is 6.17. The van der Waals surface area contributed by atoms with Crippen LogP contribution in [0, 0.1) is 5.82 Å². The van der Waals surface area contributed by atoms with E-state index in [0.29, 0.717) is 5.02 Å². The average molecular weight is 350 g/mol. The minimum absolute atomic E-state index is 0.129. The molecule has 1 saturated heterocycles. The molecule has 0 aliphatic carbocycles. The number of hydrogen-bond donors (Lipinski definition) is 3. The number of azide groups is 1. The second-order valence-electron chi connectivity index (χ2n) is 4.59. The largest absolute Gasteiger partial charge is 0.394 e. The third-order valence-electron chi connectivity index (χ3n) is 3.17. The molecule has 3 N–H and O–H groups in total. The van der Waals surface area contributed by atoms with E-state index < -0.39 is 42.2 Å². The van der Waals surface area contributed by atoms with Gasteiger partial charge in [0.25, 0.3) is 0 Å². The minimum Gasteiger partial charge on any atom is -0.394 e. The number of benzene rings is 1. The third kappa shape index (κ3) is 3.64. The van der Waals surface area contributed by atoms with Crippen LogP contribution in [0.4, 0.5) is 4.39 Å². The van der Waals surface area contributed by atoms with E-state index in [1.807, 2.05) is 0 Å². The predicted octanol–water partition coefficient (Wildman–Crippen LogP) is 1.69. The summed E-state index contributed by atoms with van der Waals surface area (Å²) in [5.74, 6) is -0.558. The van der Waals surface area contributed by atoms with E-state index in [9.17, 15) is 19.7 Å². The first-order valence-corrected chi connectivity index (χ1v) is 7.52. The van der Waals surface area contributed by atoms with E-state index >= 15 is 0 Å². The molecule has 1 aliphatic heterocycles. The molecule has 0 bridgehead atoms. The molecule has 0 unspecified atom stereocenters.